The highest BCUT2D eigenvalue weighted by atomic mass is 79.9. The summed E-state index contributed by atoms with van der Waals surface area (Å²) in [6.45, 7) is 4.00. The Kier molecular flexibility index (Phi) is 5.42. The minimum atomic E-state index is 0.710. The van der Waals surface area contributed by atoms with Crippen LogP contribution in [0.25, 0.3) is 0 Å². The lowest BCUT2D eigenvalue weighted by Gasteiger charge is -1.96. The van der Waals surface area contributed by atoms with Crippen molar-refractivity contribution in [2.75, 3.05) is 5.73 Å². The fraction of sp³-hybridized carbons (Fsp3) is 0.250. The minimum absolute atomic E-state index is 0.710. The quantitative estimate of drug-likeness (QED) is 0.522. The molecule has 0 aliphatic carbocycles. The van der Waals surface area contributed by atoms with Crippen molar-refractivity contribution in [1.29, 1.82) is 0 Å². The van der Waals surface area contributed by atoms with E-state index in [1.54, 1.807) is 0 Å². The van der Waals surface area contributed by atoms with Gasteiger partial charge in [-0.25, -0.2) is 0 Å². The van der Waals surface area contributed by atoms with E-state index in [1.807, 2.05) is 32.0 Å². The molecule has 0 fully saturated rings. The highest BCUT2D eigenvalue weighted by molar-refractivity contribution is 9.10. The zero-order chi connectivity index (χ0) is 8.85. The van der Waals surface area contributed by atoms with Gasteiger partial charge in [0, 0.05) is 15.1 Å². The number of nitrogens with two attached hydrogens (primary N) is 1. The fourth-order valence-corrected chi connectivity index (χ4v) is 1.27. The Bertz CT molecular complexity index is 225. The van der Waals surface area contributed by atoms with Gasteiger partial charge in [0.05, 0.1) is 0 Å². The molecule has 0 aliphatic rings. The van der Waals surface area contributed by atoms with E-state index in [2.05, 4.69) is 28.6 Å². The van der Waals surface area contributed by atoms with Crippen LogP contribution in [0.1, 0.15) is 13.8 Å². The van der Waals surface area contributed by atoms with Crippen LogP contribution in [0.4, 0.5) is 5.69 Å². The second kappa shape index (κ2) is 5.49. The largest absolute Gasteiger partial charge is 0.398 e. The molecule has 0 aliphatic heterocycles. The number of hydrogen-bond donors (Lipinski definition) is 2. The van der Waals surface area contributed by atoms with Gasteiger partial charge < -0.3 is 5.73 Å². The molecular formula is C8H12BrNS. The lowest BCUT2D eigenvalue weighted by atomic mass is 10.3. The Morgan fingerprint density at radius 3 is 2.27 bits per heavy atom. The first-order valence-corrected chi connectivity index (χ1v) is 4.68. The lowest BCUT2D eigenvalue weighted by Crippen LogP contribution is -1.84. The zero-order valence-electron chi connectivity index (χ0n) is 6.63. The molecule has 3 heteroatoms. The highest BCUT2D eigenvalue weighted by Crippen LogP contribution is 2.20. The van der Waals surface area contributed by atoms with Crippen LogP contribution in [0.2, 0.25) is 0 Å². The van der Waals surface area contributed by atoms with E-state index in [0.29, 0.717) is 5.69 Å². The van der Waals surface area contributed by atoms with Crippen LogP contribution in [-0.4, -0.2) is 0 Å². The smallest absolute Gasteiger partial charge is 0.0450 e. The van der Waals surface area contributed by atoms with Crippen molar-refractivity contribution >= 4 is 34.2 Å². The number of rotatable bonds is 0. The standard InChI is InChI=1S/C6H6BrNS.C2H6/c7-4-1-2-5(8)6(9)3-4;1-2/h1-3,9H,8H2;1-2H3. The molecule has 0 heterocycles. The van der Waals surface area contributed by atoms with Crippen LogP contribution >= 0.6 is 28.6 Å². The molecule has 0 amide bonds. The molecule has 0 unspecified atom stereocenters. The van der Waals surface area contributed by atoms with Gasteiger partial charge in [0.2, 0.25) is 0 Å². The molecule has 1 aromatic carbocycles. The van der Waals surface area contributed by atoms with Gasteiger partial charge in [-0.2, -0.15) is 0 Å². The van der Waals surface area contributed by atoms with Crippen molar-refractivity contribution in [3.05, 3.63) is 22.7 Å². The topological polar surface area (TPSA) is 26.0 Å². The van der Waals surface area contributed by atoms with Crippen LogP contribution in [0.3, 0.4) is 0 Å². The van der Waals surface area contributed by atoms with E-state index in [4.69, 9.17) is 5.73 Å². The van der Waals surface area contributed by atoms with E-state index >= 15 is 0 Å². The molecule has 1 rings (SSSR count). The molecule has 11 heavy (non-hydrogen) atoms. The van der Waals surface area contributed by atoms with Crippen LogP contribution in [0.15, 0.2) is 27.6 Å². The Morgan fingerprint density at radius 2 is 1.91 bits per heavy atom. The molecule has 0 saturated carbocycles. The molecule has 0 spiro atoms. The predicted molar refractivity (Wildman–Crippen MR) is 57.2 cm³/mol. The van der Waals surface area contributed by atoms with Crippen LogP contribution in [-0.2, 0) is 0 Å². The number of anilines is 1. The second-order valence-corrected chi connectivity index (χ2v) is 3.10. The van der Waals surface area contributed by atoms with E-state index in [9.17, 15) is 0 Å². The van der Waals surface area contributed by atoms with Gasteiger partial charge in [0.25, 0.3) is 0 Å². The van der Waals surface area contributed by atoms with Crippen molar-refractivity contribution < 1.29 is 0 Å². The Morgan fingerprint density at radius 1 is 1.36 bits per heavy atom. The minimum Gasteiger partial charge on any atom is -0.398 e. The summed E-state index contributed by atoms with van der Waals surface area (Å²) in [5.74, 6) is 0. The van der Waals surface area contributed by atoms with E-state index in [0.717, 1.165) is 9.37 Å². The Labute approximate surface area is 81.5 Å². The van der Waals surface area contributed by atoms with E-state index in [-0.39, 0.29) is 0 Å². The third-order valence-electron chi connectivity index (χ3n) is 0.992. The molecule has 62 valence electrons. The first-order chi connectivity index (χ1) is 5.20. The van der Waals surface area contributed by atoms with Gasteiger partial charge in [0.1, 0.15) is 0 Å². The van der Waals surface area contributed by atoms with Crippen molar-refractivity contribution in [2.24, 2.45) is 0 Å². The maximum atomic E-state index is 5.49. The summed E-state index contributed by atoms with van der Waals surface area (Å²) in [5.41, 5.74) is 6.20. The first kappa shape index (κ1) is 10.8. The maximum Gasteiger partial charge on any atom is 0.0450 e. The Balaban J connectivity index is 0.000000461. The molecule has 0 bridgehead atoms. The summed E-state index contributed by atoms with van der Waals surface area (Å²) in [5, 5.41) is 0. The monoisotopic (exact) mass is 233 g/mol. The number of thiol groups is 1. The highest BCUT2D eigenvalue weighted by Gasteiger charge is 1.91. The third-order valence-corrected chi connectivity index (χ3v) is 1.87. The summed E-state index contributed by atoms with van der Waals surface area (Å²) in [6, 6.07) is 5.56. The number of nitrogen functional groups attached to an aromatic ring is 1. The number of halogens is 1. The second-order valence-electron chi connectivity index (χ2n) is 1.70. The lowest BCUT2D eigenvalue weighted by molar-refractivity contribution is 1.45. The van der Waals surface area contributed by atoms with Crippen LogP contribution in [0.5, 0.6) is 0 Å². The van der Waals surface area contributed by atoms with Gasteiger partial charge in [-0.05, 0) is 18.2 Å². The first-order valence-electron chi connectivity index (χ1n) is 3.44. The summed E-state index contributed by atoms with van der Waals surface area (Å²) in [4.78, 5) is 0.810. The molecule has 1 nitrogen and oxygen atoms in total. The van der Waals surface area contributed by atoms with Crippen molar-refractivity contribution in [1.82, 2.24) is 0 Å². The summed E-state index contributed by atoms with van der Waals surface area (Å²) in [6.07, 6.45) is 0. The van der Waals surface area contributed by atoms with Crippen molar-refractivity contribution in [3.8, 4) is 0 Å². The summed E-state index contributed by atoms with van der Waals surface area (Å²) < 4.78 is 1.00. The van der Waals surface area contributed by atoms with Gasteiger partial charge >= 0.3 is 0 Å². The number of hydrogen-bond acceptors (Lipinski definition) is 2. The third kappa shape index (κ3) is 3.68. The molecule has 1 aromatic rings. The van der Waals surface area contributed by atoms with Crippen LogP contribution < -0.4 is 5.73 Å². The molecule has 0 atom stereocenters. The van der Waals surface area contributed by atoms with E-state index in [1.165, 1.54) is 0 Å². The predicted octanol–water partition coefficient (Wildman–Crippen LogP) is 3.35. The maximum absolute atomic E-state index is 5.49. The zero-order valence-corrected chi connectivity index (χ0v) is 9.12. The average Bonchev–Trinajstić information content (AvgIpc) is 2.02. The fourth-order valence-electron chi connectivity index (χ4n) is 0.517. The summed E-state index contributed by atoms with van der Waals surface area (Å²) >= 11 is 7.40. The van der Waals surface area contributed by atoms with Crippen molar-refractivity contribution in [3.63, 3.8) is 0 Å². The van der Waals surface area contributed by atoms with Gasteiger partial charge in [-0.1, -0.05) is 29.8 Å². The van der Waals surface area contributed by atoms with Gasteiger partial charge in [-0.3, -0.25) is 0 Å². The Hall–Kier alpha value is -0.150. The van der Waals surface area contributed by atoms with E-state index < -0.39 is 0 Å². The molecule has 0 radical (unpaired) electrons. The molecule has 0 aromatic heterocycles. The molecule has 2 N–H and O–H groups in total. The SMILES string of the molecule is CC.Nc1ccc(Br)cc1S. The normalized spacial score (nSPS) is 8.36. The van der Waals surface area contributed by atoms with Crippen molar-refractivity contribution in [2.45, 2.75) is 18.7 Å². The summed E-state index contributed by atoms with van der Waals surface area (Å²) in [7, 11) is 0. The number of benzene rings is 1. The average molecular weight is 234 g/mol. The van der Waals surface area contributed by atoms with Gasteiger partial charge in [0.15, 0.2) is 0 Å². The molecular weight excluding hydrogens is 222 g/mol. The van der Waals surface area contributed by atoms with Gasteiger partial charge in [-0.15, -0.1) is 12.6 Å². The molecule has 0 saturated heterocycles. The van der Waals surface area contributed by atoms with Crippen LogP contribution in [0, 0.1) is 0 Å².